The number of hydrogen-bond donors (Lipinski definition) is 1. The van der Waals surface area contributed by atoms with Crippen LogP contribution in [0, 0.1) is 0 Å². The minimum absolute atomic E-state index is 0.176. The molecular weight excluding hydrogens is 424 g/mol. The maximum atomic E-state index is 12.0. The van der Waals surface area contributed by atoms with Gasteiger partial charge >= 0.3 is 5.97 Å². The Labute approximate surface area is 211 Å². The van der Waals surface area contributed by atoms with Gasteiger partial charge in [0.1, 0.15) is 6.10 Å². The van der Waals surface area contributed by atoms with Gasteiger partial charge in [0.25, 0.3) is 0 Å². The van der Waals surface area contributed by atoms with E-state index in [0.717, 1.165) is 19.3 Å². The van der Waals surface area contributed by atoms with E-state index in [9.17, 15) is 9.90 Å². The average molecular weight is 481 g/mol. The summed E-state index contributed by atoms with van der Waals surface area (Å²) in [5.41, 5.74) is 0. The Morgan fingerprint density at radius 1 is 0.676 bits per heavy atom. The Morgan fingerprint density at radius 3 is 1.79 bits per heavy atom. The van der Waals surface area contributed by atoms with Crippen LogP contribution in [0.25, 0.3) is 0 Å². The lowest BCUT2D eigenvalue weighted by molar-refractivity contribution is -0.154. The lowest BCUT2D eigenvalue weighted by atomic mass is 10.1. The van der Waals surface area contributed by atoms with Gasteiger partial charge in [0.15, 0.2) is 0 Å². The summed E-state index contributed by atoms with van der Waals surface area (Å²) >= 11 is 0. The Balaban J connectivity index is 3.49. The Hall–Kier alpha value is -1.13. The second-order valence-electron chi connectivity index (χ2n) is 9.46. The molecule has 0 spiro atoms. The van der Waals surface area contributed by atoms with Crippen molar-refractivity contribution < 1.29 is 19.4 Å². The topological polar surface area (TPSA) is 55.8 Å². The van der Waals surface area contributed by atoms with Crippen molar-refractivity contribution >= 4 is 5.97 Å². The normalized spacial score (nSPS) is 12.7. The van der Waals surface area contributed by atoms with Crippen molar-refractivity contribution in [2.75, 3.05) is 19.8 Å². The van der Waals surface area contributed by atoms with E-state index in [1.54, 1.807) is 0 Å². The molecule has 0 aromatic heterocycles. The van der Waals surface area contributed by atoms with Gasteiger partial charge in [0.2, 0.25) is 0 Å². The SMILES string of the molecule is CCC/C=C\CCCCCCCCOCC(CO)OC(=O)CCCCCCC/C=C\CCCC. The third-order valence-electron chi connectivity index (χ3n) is 5.98. The highest BCUT2D eigenvalue weighted by molar-refractivity contribution is 5.69. The number of carbonyl (C=O) groups excluding carboxylic acids is 1. The first-order chi connectivity index (χ1) is 16.7. The van der Waals surface area contributed by atoms with Crippen LogP contribution in [0.1, 0.15) is 136 Å². The molecule has 0 heterocycles. The molecule has 1 unspecified atom stereocenters. The Morgan fingerprint density at radius 2 is 1.21 bits per heavy atom. The predicted molar refractivity (Wildman–Crippen MR) is 145 cm³/mol. The first-order valence-electron chi connectivity index (χ1n) is 14.4. The molecule has 0 saturated carbocycles. The first kappa shape index (κ1) is 32.9. The molecule has 4 heteroatoms. The minimum Gasteiger partial charge on any atom is -0.457 e. The number of aliphatic hydroxyl groups excluding tert-OH is 1. The second kappa shape index (κ2) is 28.1. The van der Waals surface area contributed by atoms with E-state index >= 15 is 0 Å². The van der Waals surface area contributed by atoms with Gasteiger partial charge in [0, 0.05) is 13.0 Å². The summed E-state index contributed by atoms with van der Waals surface area (Å²) in [5.74, 6) is -0.217. The predicted octanol–water partition coefficient (Wildman–Crippen LogP) is 8.47. The van der Waals surface area contributed by atoms with Crippen LogP contribution in [0.5, 0.6) is 0 Å². The van der Waals surface area contributed by atoms with E-state index in [4.69, 9.17) is 9.47 Å². The third-order valence-corrected chi connectivity index (χ3v) is 5.98. The molecule has 0 fully saturated rings. The van der Waals surface area contributed by atoms with Crippen molar-refractivity contribution in [3.05, 3.63) is 24.3 Å². The molecular formula is C30H56O4. The zero-order valence-corrected chi connectivity index (χ0v) is 22.6. The molecule has 0 radical (unpaired) electrons. The molecule has 34 heavy (non-hydrogen) atoms. The van der Waals surface area contributed by atoms with Crippen molar-refractivity contribution in [1.29, 1.82) is 0 Å². The first-order valence-corrected chi connectivity index (χ1v) is 14.4. The Kier molecular flexibility index (Phi) is 27.2. The maximum absolute atomic E-state index is 12.0. The largest absolute Gasteiger partial charge is 0.457 e. The van der Waals surface area contributed by atoms with E-state index in [1.165, 1.54) is 96.3 Å². The standard InChI is InChI=1S/C30H56O4/c1-3-5-7-9-11-13-15-17-19-21-23-25-30(32)34-29(27-31)28-33-26-24-22-20-18-16-14-12-10-8-6-4-2/h8-11,29,31H,3-7,12-28H2,1-2H3/b10-8-,11-9-. The molecule has 1 atom stereocenters. The van der Waals surface area contributed by atoms with Gasteiger partial charge in [-0.1, -0.05) is 102 Å². The zero-order valence-electron chi connectivity index (χ0n) is 22.6. The molecule has 0 amide bonds. The summed E-state index contributed by atoms with van der Waals surface area (Å²) in [6.45, 7) is 5.22. The van der Waals surface area contributed by atoms with Crippen LogP contribution < -0.4 is 0 Å². The van der Waals surface area contributed by atoms with Crippen LogP contribution in [-0.4, -0.2) is 37.0 Å². The maximum Gasteiger partial charge on any atom is 0.306 e. The number of esters is 1. The smallest absolute Gasteiger partial charge is 0.306 e. The van der Waals surface area contributed by atoms with Gasteiger partial charge in [-0.3, -0.25) is 4.79 Å². The number of unbranched alkanes of at least 4 members (excludes halogenated alkanes) is 14. The molecule has 0 aliphatic carbocycles. The second-order valence-corrected chi connectivity index (χ2v) is 9.46. The average Bonchev–Trinajstić information content (AvgIpc) is 2.84. The van der Waals surface area contributed by atoms with Gasteiger partial charge in [-0.05, 0) is 51.4 Å². The number of ether oxygens (including phenoxy) is 2. The van der Waals surface area contributed by atoms with E-state index in [-0.39, 0.29) is 19.2 Å². The lowest BCUT2D eigenvalue weighted by Gasteiger charge is -2.15. The van der Waals surface area contributed by atoms with Gasteiger partial charge < -0.3 is 14.6 Å². The van der Waals surface area contributed by atoms with Crippen molar-refractivity contribution in [3.63, 3.8) is 0 Å². The van der Waals surface area contributed by atoms with Crippen LogP contribution in [0.3, 0.4) is 0 Å². The summed E-state index contributed by atoms with van der Waals surface area (Å²) in [5, 5.41) is 9.46. The fourth-order valence-electron chi connectivity index (χ4n) is 3.78. The highest BCUT2D eigenvalue weighted by atomic mass is 16.6. The summed E-state index contributed by atoms with van der Waals surface area (Å²) in [7, 11) is 0. The summed E-state index contributed by atoms with van der Waals surface area (Å²) in [4.78, 5) is 12.0. The lowest BCUT2D eigenvalue weighted by Crippen LogP contribution is -2.27. The monoisotopic (exact) mass is 480 g/mol. The Bertz CT molecular complexity index is 472. The summed E-state index contributed by atoms with van der Waals surface area (Å²) in [6.07, 6.45) is 30.5. The minimum atomic E-state index is -0.534. The van der Waals surface area contributed by atoms with E-state index in [0.29, 0.717) is 13.0 Å². The molecule has 0 aromatic carbocycles. The molecule has 0 aliphatic rings. The van der Waals surface area contributed by atoms with Crippen molar-refractivity contribution in [2.45, 2.75) is 142 Å². The third kappa shape index (κ3) is 25.5. The van der Waals surface area contributed by atoms with Crippen molar-refractivity contribution in [1.82, 2.24) is 0 Å². The highest BCUT2D eigenvalue weighted by Crippen LogP contribution is 2.10. The van der Waals surface area contributed by atoms with E-state index < -0.39 is 6.10 Å². The van der Waals surface area contributed by atoms with Crippen LogP contribution >= 0.6 is 0 Å². The van der Waals surface area contributed by atoms with Crippen molar-refractivity contribution in [2.24, 2.45) is 0 Å². The van der Waals surface area contributed by atoms with Gasteiger partial charge in [0.05, 0.1) is 13.2 Å². The van der Waals surface area contributed by atoms with Crippen LogP contribution in [0.4, 0.5) is 0 Å². The number of aliphatic hydroxyl groups is 1. The fraction of sp³-hybridized carbons (Fsp3) is 0.833. The molecule has 0 rings (SSSR count). The van der Waals surface area contributed by atoms with Gasteiger partial charge in [-0.2, -0.15) is 0 Å². The highest BCUT2D eigenvalue weighted by Gasteiger charge is 2.13. The molecule has 0 aromatic rings. The molecule has 0 bridgehead atoms. The number of allylic oxidation sites excluding steroid dienone is 4. The number of carbonyl (C=O) groups is 1. The summed E-state index contributed by atoms with van der Waals surface area (Å²) < 4.78 is 11.0. The van der Waals surface area contributed by atoms with Gasteiger partial charge in [-0.25, -0.2) is 0 Å². The number of rotatable bonds is 26. The van der Waals surface area contributed by atoms with E-state index in [2.05, 4.69) is 38.2 Å². The van der Waals surface area contributed by atoms with Crippen LogP contribution in [-0.2, 0) is 14.3 Å². The fourth-order valence-corrected chi connectivity index (χ4v) is 3.78. The quantitative estimate of drug-likeness (QED) is 0.0766. The van der Waals surface area contributed by atoms with Crippen LogP contribution in [0.15, 0.2) is 24.3 Å². The van der Waals surface area contributed by atoms with E-state index in [1.807, 2.05) is 0 Å². The number of hydrogen-bond acceptors (Lipinski definition) is 4. The molecule has 0 saturated heterocycles. The molecule has 200 valence electrons. The van der Waals surface area contributed by atoms with Crippen molar-refractivity contribution in [3.8, 4) is 0 Å². The molecule has 0 aliphatic heterocycles. The van der Waals surface area contributed by atoms with Gasteiger partial charge in [-0.15, -0.1) is 0 Å². The van der Waals surface area contributed by atoms with Crippen LogP contribution in [0.2, 0.25) is 0 Å². The molecule has 4 nitrogen and oxygen atoms in total. The summed E-state index contributed by atoms with van der Waals surface area (Å²) in [6, 6.07) is 0. The zero-order chi connectivity index (χ0) is 25.0. The molecule has 1 N–H and O–H groups in total.